The molecule has 0 saturated heterocycles. The van der Waals surface area contributed by atoms with E-state index in [1.807, 2.05) is 13.0 Å². The van der Waals surface area contributed by atoms with Gasteiger partial charge in [-0.15, -0.1) is 0 Å². The van der Waals surface area contributed by atoms with Gasteiger partial charge in [-0.25, -0.2) is 4.39 Å². The Kier molecular flexibility index (Phi) is 2.55. The highest BCUT2D eigenvalue weighted by atomic mass is 19.1. The molecule has 0 spiro atoms. The number of aliphatic hydroxyl groups is 1. The molecule has 1 aliphatic rings. The minimum absolute atomic E-state index is 0.0500. The fourth-order valence-corrected chi connectivity index (χ4v) is 2.70. The zero-order chi connectivity index (χ0) is 11.1. The summed E-state index contributed by atoms with van der Waals surface area (Å²) in [6.07, 6.45) is 2.29. The van der Waals surface area contributed by atoms with Gasteiger partial charge in [-0.2, -0.15) is 0 Å². The van der Waals surface area contributed by atoms with Crippen molar-refractivity contribution in [3.8, 4) is 0 Å². The summed E-state index contributed by atoms with van der Waals surface area (Å²) in [6, 6.07) is 4.93. The number of hydrogen-bond donors (Lipinski definition) is 1. The summed E-state index contributed by atoms with van der Waals surface area (Å²) in [5.41, 5.74) is 2.12. The fourth-order valence-electron chi connectivity index (χ4n) is 2.70. The van der Waals surface area contributed by atoms with Gasteiger partial charge < -0.3 is 5.11 Å². The van der Waals surface area contributed by atoms with E-state index in [0.29, 0.717) is 0 Å². The number of hydrogen-bond acceptors (Lipinski definition) is 1. The maximum absolute atomic E-state index is 13.2. The average Bonchev–Trinajstić information content (AvgIpc) is 2.52. The molecule has 0 radical (unpaired) electrons. The first-order valence-electron chi connectivity index (χ1n) is 5.46. The first-order chi connectivity index (χ1) is 7.01. The monoisotopic (exact) mass is 208 g/mol. The summed E-state index contributed by atoms with van der Waals surface area (Å²) < 4.78 is 13.2. The van der Waals surface area contributed by atoms with Gasteiger partial charge in [0.1, 0.15) is 5.82 Å². The molecule has 15 heavy (non-hydrogen) atoms. The highest BCUT2D eigenvalue weighted by Crippen LogP contribution is 2.42. The average molecular weight is 208 g/mol. The van der Waals surface area contributed by atoms with Gasteiger partial charge in [-0.05, 0) is 54.9 Å². The Hall–Kier alpha value is -0.890. The minimum Gasteiger partial charge on any atom is -0.393 e. The molecule has 0 amide bonds. The second kappa shape index (κ2) is 3.60. The summed E-state index contributed by atoms with van der Waals surface area (Å²) in [5.74, 6) is -0.182. The predicted octanol–water partition coefficient (Wildman–Crippen LogP) is 2.94. The molecule has 2 heteroatoms. The molecule has 1 fully saturated rings. The van der Waals surface area contributed by atoms with Gasteiger partial charge in [0, 0.05) is 0 Å². The van der Waals surface area contributed by atoms with Gasteiger partial charge in [-0.3, -0.25) is 0 Å². The highest BCUT2D eigenvalue weighted by molar-refractivity contribution is 5.34. The van der Waals surface area contributed by atoms with Crippen molar-refractivity contribution in [2.45, 2.75) is 44.6 Å². The van der Waals surface area contributed by atoms with Crippen molar-refractivity contribution >= 4 is 0 Å². The highest BCUT2D eigenvalue weighted by Gasteiger charge is 2.36. The summed E-state index contributed by atoms with van der Waals surface area (Å²) in [5, 5.41) is 9.59. The van der Waals surface area contributed by atoms with Gasteiger partial charge >= 0.3 is 0 Å². The van der Waals surface area contributed by atoms with E-state index in [4.69, 9.17) is 0 Å². The topological polar surface area (TPSA) is 20.2 Å². The molecular weight excluding hydrogens is 191 g/mol. The standard InChI is InChI=1S/C13H17FO/c1-9-3-4-10(14)7-12(9)13(2)6-5-11(15)8-13/h3-4,7,11,15H,5-6,8H2,1-2H3. The molecule has 1 saturated carbocycles. The number of rotatable bonds is 1. The molecule has 2 unspecified atom stereocenters. The van der Waals surface area contributed by atoms with Crippen molar-refractivity contribution in [3.05, 3.63) is 35.1 Å². The van der Waals surface area contributed by atoms with Crippen LogP contribution in [0.3, 0.4) is 0 Å². The van der Waals surface area contributed by atoms with Gasteiger partial charge in [0.2, 0.25) is 0 Å². The van der Waals surface area contributed by atoms with E-state index >= 15 is 0 Å². The van der Waals surface area contributed by atoms with Crippen LogP contribution in [0.25, 0.3) is 0 Å². The van der Waals surface area contributed by atoms with Crippen molar-refractivity contribution in [2.24, 2.45) is 0 Å². The van der Waals surface area contributed by atoms with Crippen LogP contribution in [-0.4, -0.2) is 11.2 Å². The molecule has 1 aromatic carbocycles. The third kappa shape index (κ3) is 1.91. The Morgan fingerprint density at radius 2 is 2.20 bits per heavy atom. The van der Waals surface area contributed by atoms with Gasteiger partial charge in [0.05, 0.1) is 6.10 Å². The first-order valence-corrected chi connectivity index (χ1v) is 5.46. The van der Waals surface area contributed by atoms with E-state index in [2.05, 4.69) is 6.92 Å². The van der Waals surface area contributed by atoms with Crippen molar-refractivity contribution in [1.82, 2.24) is 0 Å². The summed E-state index contributed by atoms with van der Waals surface area (Å²) >= 11 is 0. The molecule has 2 atom stereocenters. The smallest absolute Gasteiger partial charge is 0.123 e. The summed E-state index contributed by atoms with van der Waals surface area (Å²) in [6.45, 7) is 4.12. The maximum atomic E-state index is 13.2. The van der Waals surface area contributed by atoms with Crippen molar-refractivity contribution in [3.63, 3.8) is 0 Å². The van der Waals surface area contributed by atoms with E-state index in [9.17, 15) is 9.50 Å². The lowest BCUT2D eigenvalue weighted by atomic mass is 9.78. The number of benzene rings is 1. The van der Waals surface area contributed by atoms with Crippen molar-refractivity contribution < 1.29 is 9.50 Å². The molecule has 0 aromatic heterocycles. The lowest BCUT2D eigenvalue weighted by Gasteiger charge is -2.26. The molecule has 1 nitrogen and oxygen atoms in total. The molecule has 82 valence electrons. The van der Waals surface area contributed by atoms with E-state index < -0.39 is 0 Å². The van der Waals surface area contributed by atoms with Crippen LogP contribution in [0.1, 0.15) is 37.3 Å². The zero-order valence-corrected chi connectivity index (χ0v) is 9.26. The fraction of sp³-hybridized carbons (Fsp3) is 0.538. The lowest BCUT2D eigenvalue weighted by molar-refractivity contribution is 0.175. The van der Waals surface area contributed by atoms with Crippen molar-refractivity contribution in [1.29, 1.82) is 0 Å². The second-order valence-electron chi connectivity index (χ2n) is 4.92. The molecule has 0 aliphatic heterocycles. The molecule has 0 heterocycles. The molecule has 2 rings (SSSR count). The van der Waals surface area contributed by atoms with E-state index in [-0.39, 0.29) is 17.3 Å². The van der Waals surface area contributed by atoms with Gasteiger partial charge in [0.25, 0.3) is 0 Å². The van der Waals surface area contributed by atoms with E-state index in [0.717, 1.165) is 30.4 Å². The Morgan fingerprint density at radius 1 is 1.47 bits per heavy atom. The van der Waals surface area contributed by atoms with Crippen molar-refractivity contribution in [2.75, 3.05) is 0 Å². The van der Waals surface area contributed by atoms with Gasteiger partial charge in [-0.1, -0.05) is 13.0 Å². The second-order valence-corrected chi connectivity index (χ2v) is 4.92. The normalized spacial score (nSPS) is 30.8. The summed E-state index contributed by atoms with van der Waals surface area (Å²) in [7, 11) is 0. The molecule has 1 aromatic rings. The Balaban J connectivity index is 2.40. The first kappa shape index (κ1) is 10.6. The van der Waals surface area contributed by atoms with Gasteiger partial charge in [0.15, 0.2) is 0 Å². The Bertz CT molecular complexity index is 375. The number of aliphatic hydroxyl groups excluding tert-OH is 1. The number of aryl methyl sites for hydroxylation is 1. The number of halogens is 1. The van der Waals surface area contributed by atoms with E-state index in [1.165, 1.54) is 6.07 Å². The van der Waals surface area contributed by atoms with Crippen LogP contribution in [0.15, 0.2) is 18.2 Å². The SMILES string of the molecule is Cc1ccc(F)cc1C1(C)CCC(O)C1. The van der Waals surface area contributed by atoms with E-state index in [1.54, 1.807) is 6.07 Å². The predicted molar refractivity (Wildman–Crippen MR) is 58.3 cm³/mol. The lowest BCUT2D eigenvalue weighted by Crippen LogP contribution is -2.20. The van der Waals surface area contributed by atoms with Crippen LogP contribution < -0.4 is 0 Å². The van der Waals surface area contributed by atoms with Crippen LogP contribution in [0.2, 0.25) is 0 Å². The Morgan fingerprint density at radius 3 is 2.80 bits per heavy atom. The molecular formula is C13H17FO. The third-order valence-corrected chi connectivity index (χ3v) is 3.57. The largest absolute Gasteiger partial charge is 0.393 e. The molecule has 0 bridgehead atoms. The quantitative estimate of drug-likeness (QED) is 0.752. The Labute approximate surface area is 89.9 Å². The summed E-state index contributed by atoms with van der Waals surface area (Å²) in [4.78, 5) is 0. The zero-order valence-electron chi connectivity index (χ0n) is 9.26. The minimum atomic E-state index is -0.224. The maximum Gasteiger partial charge on any atom is 0.123 e. The van der Waals surface area contributed by atoms with Crippen LogP contribution in [0.4, 0.5) is 4.39 Å². The molecule has 1 N–H and O–H groups in total. The van der Waals surface area contributed by atoms with Crippen LogP contribution in [0, 0.1) is 12.7 Å². The third-order valence-electron chi connectivity index (χ3n) is 3.57. The van der Waals surface area contributed by atoms with Crippen LogP contribution in [0.5, 0.6) is 0 Å². The van der Waals surface area contributed by atoms with Crippen LogP contribution in [-0.2, 0) is 5.41 Å². The molecule has 1 aliphatic carbocycles. The van der Waals surface area contributed by atoms with Crippen LogP contribution >= 0.6 is 0 Å².